The van der Waals surface area contributed by atoms with Crippen molar-refractivity contribution in [3.05, 3.63) is 132 Å². The van der Waals surface area contributed by atoms with Gasteiger partial charge in [-0.2, -0.15) is 0 Å². The van der Waals surface area contributed by atoms with Gasteiger partial charge in [-0.1, -0.05) is 62.4 Å². The summed E-state index contributed by atoms with van der Waals surface area (Å²) in [5.41, 5.74) is 9.53. The quantitative estimate of drug-likeness (QED) is 0.216. The van der Waals surface area contributed by atoms with Crippen LogP contribution in [0.1, 0.15) is 36.4 Å². The Kier molecular flexibility index (Phi) is 5.54. The summed E-state index contributed by atoms with van der Waals surface area (Å²) in [6, 6.07) is 36.1. The van der Waals surface area contributed by atoms with E-state index in [0.29, 0.717) is 5.71 Å². The molecule has 5 aromatic heterocycles. The maximum Gasteiger partial charge on any atom is 0.227 e. The highest BCUT2D eigenvalue weighted by atomic mass is 16.3. The van der Waals surface area contributed by atoms with Crippen LogP contribution in [0.15, 0.2) is 114 Å². The van der Waals surface area contributed by atoms with Crippen molar-refractivity contribution in [3.63, 3.8) is 0 Å². The van der Waals surface area contributed by atoms with E-state index in [0.717, 1.165) is 61.4 Å². The Bertz CT molecular complexity index is 2340. The molecule has 0 unspecified atom stereocenters. The van der Waals surface area contributed by atoms with Crippen molar-refractivity contribution < 1.29 is 4.42 Å². The summed E-state index contributed by atoms with van der Waals surface area (Å²) >= 11 is 0. The van der Waals surface area contributed by atoms with Gasteiger partial charge in [-0.15, -0.1) is 0 Å². The molecule has 0 N–H and O–H groups in total. The molecule has 8 aromatic rings. The number of hydrogen-bond donors (Lipinski definition) is 0. The van der Waals surface area contributed by atoms with Crippen molar-refractivity contribution >= 4 is 43.9 Å². The van der Waals surface area contributed by atoms with E-state index in [9.17, 15) is 0 Å². The van der Waals surface area contributed by atoms with Gasteiger partial charge in [0, 0.05) is 44.4 Å². The highest BCUT2D eigenvalue weighted by Crippen LogP contribution is 2.39. The first-order valence-electron chi connectivity index (χ1n) is 14.6. The van der Waals surface area contributed by atoms with Crippen molar-refractivity contribution in [1.82, 2.24) is 19.5 Å². The maximum absolute atomic E-state index is 6.34. The molecule has 43 heavy (non-hydrogen) atoms. The number of rotatable bonds is 4. The van der Waals surface area contributed by atoms with Crippen LogP contribution in [0.5, 0.6) is 0 Å². The normalized spacial score (nSPS) is 12.2. The van der Waals surface area contributed by atoms with E-state index in [1.807, 2.05) is 31.3 Å². The van der Waals surface area contributed by atoms with E-state index in [4.69, 9.17) is 14.4 Å². The molecule has 8 rings (SSSR count). The van der Waals surface area contributed by atoms with Crippen LogP contribution in [0, 0.1) is 13.8 Å². The number of para-hydroxylation sites is 2. The fraction of sp³-hybridized carbons (Fsp3) is 0.132. The van der Waals surface area contributed by atoms with Crippen molar-refractivity contribution in [1.29, 1.82) is 0 Å². The molecule has 0 fully saturated rings. The third-order valence-corrected chi connectivity index (χ3v) is 8.66. The summed E-state index contributed by atoms with van der Waals surface area (Å²) in [7, 11) is 0. The van der Waals surface area contributed by atoms with Gasteiger partial charge in [-0.25, -0.2) is 9.97 Å². The fourth-order valence-corrected chi connectivity index (χ4v) is 6.34. The number of aromatic nitrogens is 4. The molecule has 5 heterocycles. The topological polar surface area (TPSA) is 56.7 Å². The molecule has 0 amide bonds. The highest BCUT2D eigenvalue weighted by Gasteiger charge is 2.28. The number of fused-ring (bicyclic) bond motifs is 6. The minimum atomic E-state index is -0.374. The Morgan fingerprint density at radius 3 is 2.33 bits per heavy atom. The van der Waals surface area contributed by atoms with Crippen LogP contribution in [0.4, 0.5) is 0 Å². The van der Waals surface area contributed by atoms with Gasteiger partial charge in [-0.3, -0.25) is 9.55 Å². The van der Waals surface area contributed by atoms with Crippen LogP contribution >= 0.6 is 0 Å². The number of nitrogens with zero attached hydrogens (tertiary/aromatic N) is 4. The molecular formula is C38H30N4O. The van der Waals surface area contributed by atoms with Crippen LogP contribution in [0.3, 0.4) is 0 Å². The minimum absolute atomic E-state index is 0.374. The van der Waals surface area contributed by atoms with E-state index in [-0.39, 0.29) is 5.41 Å². The lowest BCUT2D eigenvalue weighted by Gasteiger charge is -2.26. The summed E-state index contributed by atoms with van der Waals surface area (Å²) in [4.78, 5) is 14.6. The standard InChI is InChI=1S/C38H30N4O/c1-23-20-31(30-12-9-11-28-29-17-15-24(2)40-37(29)43-36(28)30)41-34(21-23)38(3,4)25-16-18-27-26-10-5-6-13-32(26)42(33(27)22-25)35-14-7-8-19-39-35/h5-22H,1-4H3. The molecule has 0 saturated carbocycles. The molecule has 3 aromatic carbocycles. The summed E-state index contributed by atoms with van der Waals surface area (Å²) < 4.78 is 8.60. The van der Waals surface area contributed by atoms with E-state index in [1.165, 1.54) is 16.3 Å². The first-order chi connectivity index (χ1) is 20.9. The molecule has 0 aliphatic heterocycles. The van der Waals surface area contributed by atoms with Crippen molar-refractivity contribution in [3.8, 4) is 17.1 Å². The third-order valence-electron chi connectivity index (χ3n) is 8.66. The zero-order valence-corrected chi connectivity index (χ0v) is 24.6. The Morgan fingerprint density at radius 1 is 0.674 bits per heavy atom. The van der Waals surface area contributed by atoms with Crippen molar-refractivity contribution in [2.75, 3.05) is 0 Å². The van der Waals surface area contributed by atoms with E-state index < -0.39 is 0 Å². The zero-order valence-electron chi connectivity index (χ0n) is 24.6. The van der Waals surface area contributed by atoms with Crippen molar-refractivity contribution in [2.24, 2.45) is 0 Å². The van der Waals surface area contributed by atoms with E-state index in [1.54, 1.807) is 0 Å². The first kappa shape index (κ1) is 25.4. The predicted octanol–water partition coefficient (Wildman–Crippen LogP) is 9.48. The number of furan rings is 1. The fourth-order valence-electron chi connectivity index (χ4n) is 6.34. The van der Waals surface area contributed by atoms with Crippen LogP contribution < -0.4 is 0 Å². The number of aryl methyl sites for hydroxylation is 2. The molecule has 0 atom stereocenters. The molecule has 0 radical (unpaired) electrons. The third kappa shape index (κ3) is 3.96. The summed E-state index contributed by atoms with van der Waals surface area (Å²) in [5, 5.41) is 4.50. The molecule has 0 aliphatic rings. The number of pyridine rings is 3. The van der Waals surface area contributed by atoms with Gasteiger partial charge >= 0.3 is 0 Å². The van der Waals surface area contributed by atoms with Gasteiger partial charge in [0.15, 0.2) is 0 Å². The van der Waals surface area contributed by atoms with E-state index >= 15 is 0 Å². The van der Waals surface area contributed by atoms with Gasteiger partial charge in [-0.05, 0) is 79.6 Å². The van der Waals surface area contributed by atoms with Crippen LogP contribution in [0.25, 0.3) is 61.0 Å². The van der Waals surface area contributed by atoms with E-state index in [2.05, 4.69) is 115 Å². The second-order valence-corrected chi connectivity index (χ2v) is 11.9. The average molecular weight is 559 g/mol. The SMILES string of the molecule is Cc1cc(-c2cccc3c2oc2nc(C)ccc23)nc(C(C)(C)c2ccc3c4ccccc4n(-c4ccccn4)c3c2)c1. The molecular weight excluding hydrogens is 528 g/mol. The number of benzene rings is 3. The monoisotopic (exact) mass is 558 g/mol. The first-order valence-corrected chi connectivity index (χ1v) is 14.6. The molecule has 5 nitrogen and oxygen atoms in total. The summed E-state index contributed by atoms with van der Waals surface area (Å²) in [6.45, 7) is 8.62. The number of hydrogen-bond acceptors (Lipinski definition) is 4. The lowest BCUT2D eigenvalue weighted by Crippen LogP contribution is -2.21. The molecule has 0 bridgehead atoms. The van der Waals surface area contributed by atoms with Gasteiger partial charge in [0.25, 0.3) is 0 Å². The summed E-state index contributed by atoms with van der Waals surface area (Å²) in [6.07, 6.45) is 1.85. The second kappa shape index (κ2) is 9.36. The highest BCUT2D eigenvalue weighted by molar-refractivity contribution is 6.10. The zero-order chi connectivity index (χ0) is 29.3. The Labute approximate surface area is 249 Å². The Balaban J connectivity index is 1.30. The molecule has 208 valence electrons. The van der Waals surface area contributed by atoms with Gasteiger partial charge in [0.05, 0.1) is 22.4 Å². The van der Waals surface area contributed by atoms with Crippen LogP contribution in [-0.4, -0.2) is 19.5 Å². The van der Waals surface area contributed by atoms with Gasteiger partial charge in [0.2, 0.25) is 5.71 Å². The minimum Gasteiger partial charge on any atom is -0.437 e. The van der Waals surface area contributed by atoms with Gasteiger partial charge < -0.3 is 4.42 Å². The predicted molar refractivity (Wildman–Crippen MR) is 175 cm³/mol. The molecule has 0 spiro atoms. The van der Waals surface area contributed by atoms with Crippen molar-refractivity contribution in [2.45, 2.75) is 33.1 Å². The smallest absolute Gasteiger partial charge is 0.227 e. The Hall–Kier alpha value is -5.29. The Morgan fingerprint density at radius 2 is 1.47 bits per heavy atom. The largest absolute Gasteiger partial charge is 0.437 e. The second-order valence-electron chi connectivity index (χ2n) is 11.9. The van der Waals surface area contributed by atoms with Crippen LogP contribution in [0.2, 0.25) is 0 Å². The summed E-state index contributed by atoms with van der Waals surface area (Å²) in [5.74, 6) is 0.906. The lowest BCUT2D eigenvalue weighted by molar-refractivity contribution is 0.617. The van der Waals surface area contributed by atoms with Gasteiger partial charge in [0.1, 0.15) is 11.4 Å². The lowest BCUT2D eigenvalue weighted by atomic mass is 9.80. The molecule has 5 heteroatoms. The molecule has 0 aliphatic carbocycles. The maximum atomic E-state index is 6.34. The van der Waals surface area contributed by atoms with Crippen LogP contribution in [-0.2, 0) is 5.41 Å². The molecule has 0 saturated heterocycles. The average Bonchev–Trinajstić information content (AvgIpc) is 3.56.